The van der Waals surface area contributed by atoms with E-state index in [1.54, 1.807) is 6.92 Å². The number of halogens is 1. The highest BCUT2D eigenvalue weighted by Gasteiger charge is 2.23. The second-order valence-corrected chi connectivity index (χ2v) is 5.81. The quantitative estimate of drug-likeness (QED) is 0.646. The fraction of sp³-hybridized carbons (Fsp3) is 0.364. The summed E-state index contributed by atoms with van der Waals surface area (Å²) in [4.78, 5) is 12.6. The molecule has 0 unspecified atom stereocenters. The van der Waals surface area contributed by atoms with Gasteiger partial charge in [-0.15, -0.1) is 0 Å². The summed E-state index contributed by atoms with van der Waals surface area (Å²) in [5.41, 5.74) is 5.26. The molecule has 1 amide bonds. The van der Waals surface area contributed by atoms with Crippen LogP contribution in [0.5, 0.6) is 0 Å². The minimum Gasteiger partial charge on any atom is -0.398 e. The van der Waals surface area contributed by atoms with Crippen molar-refractivity contribution in [2.45, 2.75) is 11.8 Å². The van der Waals surface area contributed by atoms with Gasteiger partial charge in [0.2, 0.25) is 5.91 Å². The zero-order valence-corrected chi connectivity index (χ0v) is 11.0. The van der Waals surface area contributed by atoms with Crippen molar-refractivity contribution < 1.29 is 17.6 Å². The number of hydrogen-bond donors (Lipinski definition) is 1. The number of nitrogens with two attached hydrogens (primary N) is 1. The first kappa shape index (κ1) is 14.4. The summed E-state index contributed by atoms with van der Waals surface area (Å²) in [5.74, 6) is -1.82. The van der Waals surface area contributed by atoms with Crippen LogP contribution >= 0.6 is 0 Å². The molecule has 100 valence electrons. The van der Waals surface area contributed by atoms with Gasteiger partial charge in [0.15, 0.2) is 9.84 Å². The number of nitrogens with zero attached hydrogens (tertiary/aromatic N) is 1. The maximum atomic E-state index is 12.8. The first-order valence-electron chi connectivity index (χ1n) is 5.29. The van der Waals surface area contributed by atoms with Gasteiger partial charge in [-0.1, -0.05) is 0 Å². The minimum absolute atomic E-state index is 0.193. The number of hydrogen-bond acceptors (Lipinski definition) is 4. The van der Waals surface area contributed by atoms with E-state index in [1.807, 2.05) is 0 Å². The standard InChI is InChI=1S/C11H15FN2O3S/c1-3-14(2)11(15)7-18(16,17)10-5-4-8(12)6-9(10)13/h4-6H,3,7,13H2,1-2H3. The number of amides is 1. The highest BCUT2D eigenvalue weighted by Crippen LogP contribution is 2.20. The van der Waals surface area contributed by atoms with Crippen molar-refractivity contribution in [3.63, 3.8) is 0 Å². The lowest BCUT2D eigenvalue weighted by Gasteiger charge is -2.15. The Kier molecular flexibility index (Phi) is 4.28. The zero-order chi connectivity index (χ0) is 13.9. The molecule has 0 heterocycles. The number of rotatable bonds is 4. The van der Waals surface area contributed by atoms with Crippen molar-refractivity contribution >= 4 is 21.4 Å². The van der Waals surface area contributed by atoms with E-state index in [2.05, 4.69) is 0 Å². The van der Waals surface area contributed by atoms with Crippen molar-refractivity contribution in [3.05, 3.63) is 24.0 Å². The molecule has 0 aliphatic rings. The summed E-state index contributed by atoms with van der Waals surface area (Å²) in [6, 6.07) is 2.98. The number of carbonyl (C=O) groups excluding carboxylic acids is 1. The Labute approximate surface area is 105 Å². The molecule has 0 aliphatic heterocycles. The number of benzene rings is 1. The summed E-state index contributed by atoms with van der Waals surface area (Å²) in [6.07, 6.45) is 0. The molecular formula is C11H15FN2O3S. The summed E-state index contributed by atoms with van der Waals surface area (Å²) in [5, 5.41) is 0. The van der Waals surface area contributed by atoms with E-state index in [1.165, 1.54) is 11.9 Å². The Morgan fingerprint density at radius 2 is 2.06 bits per heavy atom. The summed E-state index contributed by atoms with van der Waals surface area (Å²) in [6.45, 7) is 2.14. The lowest BCUT2D eigenvalue weighted by molar-refractivity contribution is -0.126. The van der Waals surface area contributed by atoms with E-state index < -0.39 is 27.3 Å². The van der Waals surface area contributed by atoms with Crippen LogP contribution in [0.4, 0.5) is 10.1 Å². The van der Waals surface area contributed by atoms with E-state index in [0.29, 0.717) is 6.54 Å². The molecule has 0 atom stereocenters. The predicted molar refractivity (Wildman–Crippen MR) is 66.2 cm³/mol. The molecule has 0 fully saturated rings. The Morgan fingerprint density at radius 3 is 2.56 bits per heavy atom. The van der Waals surface area contributed by atoms with Crippen LogP contribution in [-0.4, -0.2) is 38.6 Å². The maximum Gasteiger partial charge on any atom is 0.237 e. The van der Waals surface area contributed by atoms with Crippen molar-refractivity contribution in [2.24, 2.45) is 0 Å². The van der Waals surface area contributed by atoms with Gasteiger partial charge in [-0.2, -0.15) is 0 Å². The Bertz CT molecular complexity index is 557. The molecular weight excluding hydrogens is 259 g/mol. The van der Waals surface area contributed by atoms with Crippen LogP contribution in [0.1, 0.15) is 6.92 Å². The van der Waals surface area contributed by atoms with Crippen LogP contribution in [-0.2, 0) is 14.6 Å². The van der Waals surface area contributed by atoms with Gasteiger partial charge < -0.3 is 10.6 Å². The molecule has 0 bridgehead atoms. The van der Waals surface area contributed by atoms with Gasteiger partial charge in [-0.05, 0) is 25.1 Å². The molecule has 18 heavy (non-hydrogen) atoms. The fourth-order valence-electron chi connectivity index (χ4n) is 1.33. The van der Waals surface area contributed by atoms with Crippen LogP contribution in [0, 0.1) is 5.82 Å². The third-order valence-electron chi connectivity index (χ3n) is 2.52. The second-order valence-electron chi connectivity index (χ2n) is 3.85. The average Bonchev–Trinajstić information content (AvgIpc) is 2.26. The number of nitrogen functional groups attached to an aromatic ring is 1. The normalized spacial score (nSPS) is 11.3. The molecule has 0 spiro atoms. The van der Waals surface area contributed by atoms with Crippen molar-refractivity contribution in [1.29, 1.82) is 0 Å². The molecule has 0 aromatic heterocycles. The molecule has 2 N–H and O–H groups in total. The van der Waals surface area contributed by atoms with Gasteiger partial charge in [0.25, 0.3) is 0 Å². The Morgan fingerprint density at radius 1 is 1.44 bits per heavy atom. The second kappa shape index (κ2) is 5.34. The fourth-order valence-corrected chi connectivity index (χ4v) is 2.72. The summed E-state index contributed by atoms with van der Waals surface area (Å²) in [7, 11) is -2.34. The van der Waals surface area contributed by atoms with E-state index >= 15 is 0 Å². The summed E-state index contributed by atoms with van der Waals surface area (Å²) < 4.78 is 36.7. The molecule has 1 aromatic carbocycles. The molecule has 0 aliphatic carbocycles. The molecule has 1 aromatic rings. The van der Waals surface area contributed by atoms with Crippen LogP contribution in [0.3, 0.4) is 0 Å². The summed E-state index contributed by atoms with van der Waals surface area (Å²) >= 11 is 0. The topological polar surface area (TPSA) is 80.5 Å². The molecule has 5 nitrogen and oxygen atoms in total. The van der Waals surface area contributed by atoms with Gasteiger partial charge >= 0.3 is 0 Å². The van der Waals surface area contributed by atoms with E-state index in [4.69, 9.17) is 5.73 Å². The first-order valence-corrected chi connectivity index (χ1v) is 6.95. The predicted octanol–water partition coefficient (Wildman–Crippen LogP) is 0.660. The smallest absolute Gasteiger partial charge is 0.237 e. The molecule has 7 heteroatoms. The third kappa shape index (κ3) is 3.19. The van der Waals surface area contributed by atoms with Crippen LogP contribution in [0.15, 0.2) is 23.1 Å². The Balaban J connectivity index is 3.04. The zero-order valence-electron chi connectivity index (χ0n) is 10.2. The highest BCUT2D eigenvalue weighted by molar-refractivity contribution is 7.92. The lowest BCUT2D eigenvalue weighted by Crippen LogP contribution is -2.32. The Hall–Kier alpha value is -1.63. The maximum absolute atomic E-state index is 12.8. The number of anilines is 1. The first-order chi connectivity index (χ1) is 8.27. The monoisotopic (exact) mass is 274 g/mol. The number of carbonyl (C=O) groups is 1. The number of sulfone groups is 1. The van der Waals surface area contributed by atoms with Crippen molar-refractivity contribution in [2.75, 3.05) is 25.1 Å². The van der Waals surface area contributed by atoms with Crippen LogP contribution in [0.25, 0.3) is 0 Å². The van der Waals surface area contributed by atoms with Crippen molar-refractivity contribution in [1.82, 2.24) is 4.90 Å². The minimum atomic E-state index is -3.84. The van der Waals surface area contributed by atoms with Gasteiger partial charge in [-0.25, -0.2) is 12.8 Å². The van der Waals surface area contributed by atoms with E-state index in [9.17, 15) is 17.6 Å². The van der Waals surface area contributed by atoms with Gasteiger partial charge in [0.1, 0.15) is 11.6 Å². The third-order valence-corrected chi connectivity index (χ3v) is 4.19. The van der Waals surface area contributed by atoms with Gasteiger partial charge in [0, 0.05) is 13.6 Å². The van der Waals surface area contributed by atoms with Crippen LogP contribution < -0.4 is 5.73 Å². The molecule has 0 radical (unpaired) electrons. The SMILES string of the molecule is CCN(C)C(=O)CS(=O)(=O)c1ccc(F)cc1N. The molecule has 1 rings (SSSR count). The molecule has 0 saturated heterocycles. The van der Waals surface area contributed by atoms with Crippen LogP contribution in [0.2, 0.25) is 0 Å². The largest absolute Gasteiger partial charge is 0.398 e. The van der Waals surface area contributed by atoms with Crippen molar-refractivity contribution in [3.8, 4) is 0 Å². The van der Waals surface area contributed by atoms with Gasteiger partial charge in [-0.3, -0.25) is 4.79 Å². The highest BCUT2D eigenvalue weighted by atomic mass is 32.2. The van der Waals surface area contributed by atoms with E-state index in [-0.39, 0.29) is 10.6 Å². The van der Waals surface area contributed by atoms with Gasteiger partial charge in [0.05, 0.1) is 10.6 Å². The molecule has 0 saturated carbocycles. The van der Waals surface area contributed by atoms with E-state index in [0.717, 1.165) is 18.2 Å². The lowest BCUT2D eigenvalue weighted by atomic mass is 10.3. The average molecular weight is 274 g/mol.